The van der Waals surface area contributed by atoms with E-state index in [1.54, 1.807) is 0 Å². The molecule has 2 aromatic carbocycles. The van der Waals surface area contributed by atoms with Crippen molar-refractivity contribution in [3.05, 3.63) is 83.7 Å². The van der Waals surface area contributed by atoms with Gasteiger partial charge in [0.2, 0.25) is 17.7 Å². The normalized spacial score (nSPS) is 16.4. The molecule has 0 unspecified atom stereocenters. The van der Waals surface area contributed by atoms with Crippen LogP contribution in [-0.4, -0.2) is 45.2 Å². The number of aromatic nitrogens is 3. The van der Waals surface area contributed by atoms with Crippen LogP contribution < -0.4 is 0 Å². The summed E-state index contributed by atoms with van der Waals surface area (Å²) in [6, 6.07) is 18.3. The van der Waals surface area contributed by atoms with Crippen LogP contribution in [0.15, 0.2) is 65.2 Å². The Morgan fingerprint density at radius 3 is 2.82 bits per heavy atom. The molecule has 1 fully saturated rings. The lowest BCUT2D eigenvalue weighted by Crippen LogP contribution is -2.43. The minimum atomic E-state index is 0.0779. The maximum Gasteiger partial charge on any atom is 0.223 e. The van der Waals surface area contributed by atoms with E-state index in [0.29, 0.717) is 44.2 Å². The zero-order chi connectivity index (χ0) is 22.5. The van der Waals surface area contributed by atoms with Crippen LogP contribution in [0.5, 0.6) is 0 Å². The number of amides is 1. The third-order valence-electron chi connectivity index (χ3n) is 6.14. The molecule has 0 aliphatic carbocycles. The number of piperidine rings is 1. The smallest absolute Gasteiger partial charge is 0.223 e. The van der Waals surface area contributed by atoms with Gasteiger partial charge in [-0.1, -0.05) is 48.5 Å². The van der Waals surface area contributed by atoms with Crippen molar-refractivity contribution in [2.24, 2.45) is 0 Å². The van der Waals surface area contributed by atoms with E-state index >= 15 is 0 Å². The number of ether oxygens (including phenoxy) is 1. The Morgan fingerprint density at radius 2 is 1.91 bits per heavy atom. The number of benzene rings is 2. The van der Waals surface area contributed by atoms with Crippen molar-refractivity contribution in [3.8, 4) is 0 Å². The molecule has 0 spiro atoms. The number of aryl methyl sites for hydroxylation is 1. The van der Waals surface area contributed by atoms with Crippen LogP contribution >= 0.6 is 0 Å². The maximum absolute atomic E-state index is 12.8. The standard InChI is InChI=1S/C26H28N4O3/c31-26(30-14-6-9-21(17-30)32-18-19-7-2-1-3-8-19)13-12-24-28-29-25(33-24)15-20-16-27-23-11-5-4-10-22(20)23/h1-5,7-8,10-11,16,21,27H,6,9,12-15,17-18H2/t21-/m1/s1. The van der Waals surface area contributed by atoms with Crippen LogP contribution in [0.4, 0.5) is 0 Å². The number of nitrogens with one attached hydrogen (secondary N) is 1. The molecule has 1 amide bonds. The number of hydrogen-bond acceptors (Lipinski definition) is 5. The highest BCUT2D eigenvalue weighted by molar-refractivity contribution is 5.83. The lowest BCUT2D eigenvalue weighted by molar-refractivity contribution is -0.135. The molecule has 3 heterocycles. The Bertz CT molecular complexity index is 1200. The lowest BCUT2D eigenvalue weighted by Gasteiger charge is -2.32. The molecule has 1 N–H and O–H groups in total. The molecular weight excluding hydrogens is 416 g/mol. The molecule has 7 heteroatoms. The minimum absolute atomic E-state index is 0.0779. The minimum Gasteiger partial charge on any atom is -0.425 e. The van der Waals surface area contributed by atoms with Gasteiger partial charge in [-0.3, -0.25) is 4.79 Å². The number of hydrogen-bond donors (Lipinski definition) is 1. The van der Waals surface area contributed by atoms with Crippen molar-refractivity contribution >= 4 is 16.8 Å². The summed E-state index contributed by atoms with van der Waals surface area (Å²) in [6.07, 6.45) is 5.38. The Labute approximate surface area is 192 Å². The van der Waals surface area contributed by atoms with Gasteiger partial charge in [0.1, 0.15) is 0 Å². The quantitative estimate of drug-likeness (QED) is 0.438. The van der Waals surface area contributed by atoms with Crippen LogP contribution in [0.3, 0.4) is 0 Å². The molecule has 1 aliphatic heterocycles. The van der Waals surface area contributed by atoms with Crippen LogP contribution in [-0.2, 0) is 29.0 Å². The number of rotatable bonds is 8. The van der Waals surface area contributed by atoms with Crippen molar-refractivity contribution in [1.82, 2.24) is 20.1 Å². The molecule has 5 rings (SSSR count). The first-order valence-corrected chi connectivity index (χ1v) is 11.5. The molecule has 170 valence electrons. The molecule has 33 heavy (non-hydrogen) atoms. The van der Waals surface area contributed by atoms with Gasteiger partial charge < -0.3 is 19.0 Å². The molecule has 2 aromatic heterocycles. The highest BCUT2D eigenvalue weighted by atomic mass is 16.5. The van der Waals surface area contributed by atoms with Crippen molar-refractivity contribution in [1.29, 1.82) is 0 Å². The van der Waals surface area contributed by atoms with E-state index in [9.17, 15) is 4.79 Å². The zero-order valence-electron chi connectivity index (χ0n) is 18.6. The molecule has 0 bridgehead atoms. The van der Waals surface area contributed by atoms with Crippen LogP contribution in [0.1, 0.15) is 42.2 Å². The summed E-state index contributed by atoms with van der Waals surface area (Å²) in [4.78, 5) is 17.9. The number of fused-ring (bicyclic) bond motifs is 1. The molecule has 0 saturated carbocycles. The second kappa shape index (κ2) is 10.0. The third kappa shape index (κ3) is 5.31. The number of aromatic amines is 1. The van der Waals surface area contributed by atoms with Gasteiger partial charge in [-0.15, -0.1) is 10.2 Å². The number of carbonyl (C=O) groups is 1. The van der Waals surface area contributed by atoms with Gasteiger partial charge in [-0.2, -0.15) is 0 Å². The zero-order valence-corrected chi connectivity index (χ0v) is 18.6. The first-order valence-electron chi connectivity index (χ1n) is 11.5. The summed E-state index contributed by atoms with van der Waals surface area (Å²) in [7, 11) is 0. The topological polar surface area (TPSA) is 84.2 Å². The van der Waals surface area contributed by atoms with Gasteiger partial charge in [-0.25, -0.2) is 0 Å². The predicted molar refractivity (Wildman–Crippen MR) is 125 cm³/mol. The van der Waals surface area contributed by atoms with E-state index in [1.165, 1.54) is 0 Å². The van der Waals surface area contributed by atoms with Gasteiger partial charge in [0.05, 0.1) is 19.1 Å². The van der Waals surface area contributed by atoms with Crippen LogP contribution in [0, 0.1) is 0 Å². The van der Waals surface area contributed by atoms with E-state index in [2.05, 4.69) is 33.4 Å². The molecule has 1 atom stereocenters. The first kappa shape index (κ1) is 21.4. The summed E-state index contributed by atoms with van der Waals surface area (Å²) in [5.74, 6) is 1.18. The predicted octanol–water partition coefficient (Wildman–Crippen LogP) is 4.28. The first-order chi connectivity index (χ1) is 16.2. The number of para-hydroxylation sites is 1. The fraction of sp³-hybridized carbons (Fsp3) is 0.346. The Morgan fingerprint density at radius 1 is 1.09 bits per heavy atom. The second-order valence-corrected chi connectivity index (χ2v) is 8.53. The van der Waals surface area contributed by atoms with E-state index < -0.39 is 0 Å². The van der Waals surface area contributed by atoms with E-state index in [0.717, 1.165) is 41.4 Å². The van der Waals surface area contributed by atoms with E-state index in [1.807, 2.05) is 47.5 Å². The maximum atomic E-state index is 12.8. The molecule has 0 radical (unpaired) electrons. The molecule has 7 nitrogen and oxygen atoms in total. The van der Waals surface area contributed by atoms with Gasteiger partial charge >= 0.3 is 0 Å². The SMILES string of the molecule is O=C(CCc1nnc(Cc2c[nH]c3ccccc23)o1)N1CCC[C@@H](OCc2ccccc2)C1. The van der Waals surface area contributed by atoms with Crippen molar-refractivity contribution in [2.45, 2.75) is 44.8 Å². The van der Waals surface area contributed by atoms with Crippen molar-refractivity contribution < 1.29 is 13.9 Å². The highest BCUT2D eigenvalue weighted by Crippen LogP contribution is 2.21. The average molecular weight is 445 g/mol. The average Bonchev–Trinajstić information content (AvgIpc) is 3.49. The Balaban J connectivity index is 1.11. The Hall–Kier alpha value is -3.45. The van der Waals surface area contributed by atoms with Gasteiger partial charge in [0.25, 0.3) is 0 Å². The fourth-order valence-corrected chi connectivity index (χ4v) is 4.36. The summed E-state index contributed by atoms with van der Waals surface area (Å²) in [5, 5.41) is 9.48. The van der Waals surface area contributed by atoms with Crippen LogP contribution in [0.25, 0.3) is 10.9 Å². The van der Waals surface area contributed by atoms with Crippen molar-refractivity contribution in [3.63, 3.8) is 0 Å². The van der Waals surface area contributed by atoms with E-state index in [-0.39, 0.29) is 12.0 Å². The van der Waals surface area contributed by atoms with E-state index in [4.69, 9.17) is 9.15 Å². The van der Waals surface area contributed by atoms with Crippen molar-refractivity contribution in [2.75, 3.05) is 13.1 Å². The third-order valence-corrected chi connectivity index (χ3v) is 6.14. The monoisotopic (exact) mass is 444 g/mol. The number of H-pyrrole nitrogens is 1. The highest BCUT2D eigenvalue weighted by Gasteiger charge is 2.24. The van der Waals surface area contributed by atoms with Gasteiger partial charge in [-0.05, 0) is 30.0 Å². The summed E-state index contributed by atoms with van der Waals surface area (Å²) in [6.45, 7) is 2.00. The summed E-state index contributed by atoms with van der Waals surface area (Å²) < 4.78 is 11.9. The Kier molecular flexibility index (Phi) is 6.48. The van der Waals surface area contributed by atoms with Gasteiger partial charge in [0.15, 0.2) is 0 Å². The number of carbonyl (C=O) groups excluding carboxylic acids is 1. The number of likely N-dealkylation sites (tertiary alicyclic amines) is 1. The van der Waals surface area contributed by atoms with Crippen LogP contribution in [0.2, 0.25) is 0 Å². The molecule has 4 aromatic rings. The van der Waals surface area contributed by atoms with Gasteiger partial charge in [0, 0.05) is 43.0 Å². The number of nitrogens with zero attached hydrogens (tertiary/aromatic N) is 3. The molecular formula is C26H28N4O3. The molecule has 1 aliphatic rings. The lowest BCUT2D eigenvalue weighted by atomic mass is 10.1. The largest absolute Gasteiger partial charge is 0.425 e. The fourth-order valence-electron chi connectivity index (χ4n) is 4.36. The summed E-state index contributed by atoms with van der Waals surface area (Å²) >= 11 is 0. The second-order valence-electron chi connectivity index (χ2n) is 8.53. The molecule has 1 saturated heterocycles. The summed E-state index contributed by atoms with van der Waals surface area (Å²) in [5.41, 5.74) is 3.36.